The highest BCUT2D eigenvalue weighted by Gasteiger charge is 2.21. The lowest BCUT2D eigenvalue weighted by atomic mass is 10.1. The topological polar surface area (TPSA) is 71.4 Å². The van der Waals surface area contributed by atoms with Gasteiger partial charge in [0.25, 0.3) is 0 Å². The second kappa shape index (κ2) is 7.56. The molecule has 1 atom stereocenters. The van der Waals surface area contributed by atoms with Crippen LogP contribution in [0.1, 0.15) is 50.3 Å². The van der Waals surface area contributed by atoms with Crippen molar-refractivity contribution in [3.63, 3.8) is 0 Å². The average Bonchev–Trinajstić information content (AvgIpc) is 3.12. The predicted octanol–water partition coefficient (Wildman–Crippen LogP) is 2.52. The zero-order valence-electron chi connectivity index (χ0n) is 12.9. The fourth-order valence-electron chi connectivity index (χ4n) is 2.38. The first-order valence-electron chi connectivity index (χ1n) is 7.54. The molecule has 0 amide bonds. The first-order chi connectivity index (χ1) is 10.2. The summed E-state index contributed by atoms with van der Waals surface area (Å²) in [6.07, 6.45) is 4.42. The van der Waals surface area contributed by atoms with Crippen LogP contribution in [0.15, 0.2) is 6.20 Å². The average molecular weight is 311 g/mol. The highest BCUT2D eigenvalue weighted by atomic mass is 35.5. The summed E-state index contributed by atoms with van der Waals surface area (Å²) in [6, 6.07) is 0.0907. The van der Waals surface area contributed by atoms with Gasteiger partial charge in [0.1, 0.15) is 0 Å². The van der Waals surface area contributed by atoms with E-state index in [0.29, 0.717) is 0 Å². The number of nitrogens with zero attached hydrogens (tertiary/aromatic N) is 4. The number of aryl methyl sites for hydroxylation is 2. The van der Waals surface area contributed by atoms with Crippen LogP contribution in [0.4, 0.5) is 0 Å². The first-order valence-corrected chi connectivity index (χ1v) is 7.92. The number of hydrogen-bond donors (Lipinski definition) is 2. The van der Waals surface area contributed by atoms with E-state index >= 15 is 0 Å². The van der Waals surface area contributed by atoms with Crippen molar-refractivity contribution < 1.29 is 0 Å². The maximum absolute atomic E-state index is 6.49. The highest BCUT2D eigenvalue weighted by Crippen LogP contribution is 2.26. The molecule has 0 aliphatic heterocycles. The molecule has 0 aromatic carbocycles. The molecule has 0 aliphatic carbocycles. The highest BCUT2D eigenvalue weighted by molar-refractivity contribution is 6.31. The van der Waals surface area contributed by atoms with Gasteiger partial charge in [0, 0.05) is 13.0 Å². The van der Waals surface area contributed by atoms with Crippen LogP contribution < -0.4 is 5.32 Å². The molecule has 2 heterocycles. The Balaban J connectivity index is 2.25. The van der Waals surface area contributed by atoms with Gasteiger partial charge in [-0.1, -0.05) is 25.4 Å². The summed E-state index contributed by atoms with van der Waals surface area (Å²) in [4.78, 5) is 0. The summed E-state index contributed by atoms with van der Waals surface area (Å²) in [5, 5.41) is 19.7. The van der Waals surface area contributed by atoms with Gasteiger partial charge in [-0.25, -0.2) is 0 Å². The molecular weight excluding hydrogens is 288 g/mol. The van der Waals surface area contributed by atoms with Crippen LogP contribution in [-0.4, -0.2) is 31.7 Å². The summed E-state index contributed by atoms with van der Waals surface area (Å²) >= 11 is 6.49. The molecule has 2 rings (SSSR count). The maximum atomic E-state index is 6.49. The molecule has 0 saturated carbocycles. The lowest BCUT2D eigenvalue weighted by Gasteiger charge is -2.17. The molecule has 0 radical (unpaired) electrons. The second-order valence-electron chi connectivity index (χ2n) is 4.98. The first kappa shape index (κ1) is 16.0. The van der Waals surface area contributed by atoms with Gasteiger partial charge in [-0.3, -0.25) is 4.68 Å². The quantitative estimate of drug-likeness (QED) is 0.786. The zero-order chi connectivity index (χ0) is 15.2. The molecule has 21 heavy (non-hydrogen) atoms. The smallest absolute Gasteiger partial charge is 0.0997 e. The van der Waals surface area contributed by atoms with Crippen molar-refractivity contribution in [1.29, 1.82) is 0 Å². The molecule has 0 fully saturated rings. The molecule has 0 aliphatic rings. The van der Waals surface area contributed by atoms with Crippen molar-refractivity contribution in [2.75, 3.05) is 6.54 Å². The van der Waals surface area contributed by atoms with Crippen LogP contribution in [0.25, 0.3) is 0 Å². The number of aromatic nitrogens is 5. The molecule has 0 bridgehead atoms. The van der Waals surface area contributed by atoms with Crippen LogP contribution in [0, 0.1) is 0 Å². The van der Waals surface area contributed by atoms with E-state index in [9.17, 15) is 0 Å². The Morgan fingerprint density at radius 2 is 2.19 bits per heavy atom. The van der Waals surface area contributed by atoms with Gasteiger partial charge in [0.15, 0.2) is 0 Å². The molecule has 2 N–H and O–H groups in total. The molecule has 7 heteroatoms. The van der Waals surface area contributed by atoms with Crippen molar-refractivity contribution in [2.45, 2.75) is 52.6 Å². The summed E-state index contributed by atoms with van der Waals surface area (Å²) in [5.41, 5.74) is 2.93. The standard InChI is InChI=1S/C14H23ClN6/c1-4-7-16-11(12-9-17-20-18-12)8-13-14(15)10(5-2)19-21(13)6-3/h9,11,16H,4-8H2,1-3H3,(H,17,18,20). The summed E-state index contributed by atoms with van der Waals surface area (Å²) in [6.45, 7) is 8.04. The van der Waals surface area contributed by atoms with E-state index in [1.807, 2.05) is 4.68 Å². The molecule has 2 aromatic heterocycles. The minimum Gasteiger partial charge on any atom is -0.308 e. The van der Waals surface area contributed by atoms with Gasteiger partial charge in [0.05, 0.1) is 34.3 Å². The zero-order valence-corrected chi connectivity index (χ0v) is 13.6. The van der Waals surface area contributed by atoms with Crippen LogP contribution in [0.3, 0.4) is 0 Å². The summed E-state index contributed by atoms with van der Waals surface area (Å²) in [5.74, 6) is 0. The molecule has 0 saturated heterocycles. The van der Waals surface area contributed by atoms with Crippen molar-refractivity contribution >= 4 is 11.6 Å². The molecule has 0 spiro atoms. The molecular formula is C14H23ClN6. The molecule has 1 unspecified atom stereocenters. The van der Waals surface area contributed by atoms with Gasteiger partial charge >= 0.3 is 0 Å². The Kier molecular flexibility index (Phi) is 5.76. The van der Waals surface area contributed by atoms with Gasteiger partial charge in [-0.05, 0) is 26.3 Å². The minimum absolute atomic E-state index is 0.0907. The third-order valence-electron chi connectivity index (χ3n) is 3.52. The minimum atomic E-state index is 0.0907. The van der Waals surface area contributed by atoms with Gasteiger partial charge in [0.2, 0.25) is 0 Å². The van der Waals surface area contributed by atoms with Crippen LogP contribution in [0.2, 0.25) is 5.02 Å². The third-order valence-corrected chi connectivity index (χ3v) is 3.96. The monoisotopic (exact) mass is 310 g/mol. The number of nitrogens with one attached hydrogen (secondary N) is 2. The molecule has 6 nitrogen and oxygen atoms in total. The summed E-state index contributed by atoms with van der Waals surface area (Å²) in [7, 11) is 0. The Bertz CT molecular complexity index is 548. The largest absolute Gasteiger partial charge is 0.308 e. The Morgan fingerprint density at radius 1 is 1.38 bits per heavy atom. The fourth-order valence-corrected chi connectivity index (χ4v) is 2.73. The van der Waals surface area contributed by atoms with E-state index in [2.05, 4.69) is 46.6 Å². The Hall–Kier alpha value is -1.40. The van der Waals surface area contributed by atoms with Gasteiger partial charge in [-0.2, -0.15) is 20.5 Å². The predicted molar refractivity (Wildman–Crippen MR) is 83.4 cm³/mol. The van der Waals surface area contributed by atoms with E-state index < -0.39 is 0 Å². The van der Waals surface area contributed by atoms with Crippen molar-refractivity contribution in [2.24, 2.45) is 0 Å². The van der Waals surface area contributed by atoms with Crippen molar-refractivity contribution in [3.05, 3.63) is 28.3 Å². The number of H-pyrrole nitrogens is 1. The maximum Gasteiger partial charge on any atom is 0.0997 e. The second-order valence-corrected chi connectivity index (χ2v) is 5.36. The lowest BCUT2D eigenvalue weighted by Crippen LogP contribution is -2.25. The normalized spacial score (nSPS) is 12.8. The number of rotatable bonds is 8. The van der Waals surface area contributed by atoms with E-state index in [4.69, 9.17) is 11.6 Å². The lowest BCUT2D eigenvalue weighted by molar-refractivity contribution is 0.492. The Labute approximate surface area is 130 Å². The van der Waals surface area contributed by atoms with Gasteiger partial charge < -0.3 is 5.32 Å². The van der Waals surface area contributed by atoms with Crippen LogP contribution >= 0.6 is 11.6 Å². The van der Waals surface area contributed by atoms with Gasteiger partial charge in [-0.15, -0.1) is 0 Å². The number of halogens is 1. The molecule has 2 aromatic rings. The Morgan fingerprint density at radius 3 is 2.76 bits per heavy atom. The summed E-state index contributed by atoms with van der Waals surface area (Å²) < 4.78 is 1.99. The number of aromatic amines is 1. The van der Waals surface area contributed by atoms with E-state index in [1.54, 1.807) is 6.20 Å². The van der Waals surface area contributed by atoms with E-state index in [-0.39, 0.29) is 6.04 Å². The fraction of sp³-hybridized carbons (Fsp3) is 0.643. The number of hydrogen-bond acceptors (Lipinski definition) is 4. The van der Waals surface area contributed by atoms with Crippen LogP contribution in [-0.2, 0) is 19.4 Å². The van der Waals surface area contributed by atoms with Crippen LogP contribution in [0.5, 0.6) is 0 Å². The van der Waals surface area contributed by atoms with Crippen molar-refractivity contribution in [3.8, 4) is 0 Å². The van der Waals surface area contributed by atoms with E-state index in [1.165, 1.54) is 0 Å². The third kappa shape index (κ3) is 3.63. The SMILES string of the molecule is CCCNC(Cc1c(Cl)c(CC)nn1CC)c1cn[nH]n1. The van der Waals surface area contributed by atoms with Crippen molar-refractivity contribution in [1.82, 2.24) is 30.5 Å². The van der Waals surface area contributed by atoms with E-state index in [0.717, 1.165) is 54.5 Å². The molecule has 116 valence electrons.